The Bertz CT molecular complexity index is 471. The molecule has 1 aromatic rings. The Labute approximate surface area is 117 Å². The first-order valence-corrected chi connectivity index (χ1v) is 6.84. The number of nitrogens with one attached hydrogen (secondary N) is 1. The number of carbonyl (C=O) groups excluding carboxylic acids is 1. The van der Waals surface area contributed by atoms with Gasteiger partial charge in [-0.3, -0.25) is 0 Å². The standard InChI is InChI=1S/C14H18ClFN2O/c1-9-5-10(2)8-18(7-9)14(19)17-11-3-4-13(16)12(15)6-11/h3-4,6,9-10H,5,7-8H2,1-2H3,(H,17,19)/t9-,10-/m1/s1. The highest BCUT2D eigenvalue weighted by molar-refractivity contribution is 6.31. The second-order valence-electron chi connectivity index (χ2n) is 5.41. The molecule has 0 bridgehead atoms. The van der Waals surface area contributed by atoms with Gasteiger partial charge in [-0.15, -0.1) is 0 Å². The number of anilines is 1. The highest BCUT2D eigenvalue weighted by atomic mass is 35.5. The molecule has 1 aliphatic rings. The molecular weight excluding hydrogens is 267 g/mol. The number of likely N-dealkylation sites (tertiary alicyclic amines) is 1. The quantitative estimate of drug-likeness (QED) is 0.831. The summed E-state index contributed by atoms with van der Waals surface area (Å²) in [4.78, 5) is 13.9. The predicted octanol–water partition coefficient (Wildman–Crippen LogP) is 3.99. The van der Waals surface area contributed by atoms with E-state index in [4.69, 9.17) is 11.6 Å². The number of hydrogen-bond donors (Lipinski definition) is 1. The van der Waals surface area contributed by atoms with Crippen LogP contribution in [0.3, 0.4) is 0 Å². The molecule has 104 valence electrons. The van der Waals surface area contributed by atoms with Crippen molar-refractivity contribution in [2.45, 2.75) is 20.3 Å². The van der Waals surface area contributed by atoms with Crippen LogP contribution >= 0.6 is 11.6 Å². The van der Waals surface area contributed by atoms with E-state index in [1.54, 1.807) is 4.90 Å². The Balaban J connectivity index is 2.02. The monoisotopic (exact) mass is 284 g/mol. The van der Waals surface area contributed by atoms with E-state index in [0.717, 1.165) is 19.5 Å². The summed E-state index contributed by atoms with van der Waals surface area (Å²) in [6.07, 6.45) is 1.14. The van der Waals surface area contributed by atoms with Gasteiger partial charge in [-0.2, -0.15) is 0 Å². The van der Waals surface area contributed by atoms with Crippen molar-refractivity contribution in [1.82, 2.24) is 4.90 Å². The first-order chi connectivity index (χ1) is 8.95. The van der Waals surface area contributed by atoms with Crippen LogP contribution in [0.15, 0.2) is 18.2 Å². The molecule has 1 aromatic carbocycles. The Hall–Kier alpha value is -1.29. The van der Waals surface area contributed by atoms with E-state index in [1.807, 2.05) is 0 Å². The first kappa shape index (κ1) is 14.1. The largest absolute Gasteiger partial charge is 0.324 e. The zero-order chi connectivity index (χ0) is 14.0. The number of nitrogens with zero attached hydrogens (tertiary/aromatic N) is 1. The molecule has 1 heterocycles. The minimum Gasteiger partial charge on any atom is -0.324 e. The van der Waals surface area contributed by atoms with Gasteiger partial charge in [-0.1, -0.05) is 25.4 Å². The zero-order valence-corrected chi connectivity index (χ0v) is 11.9. The zero-order valence-electron chi connectivity index (χ0n) is 11.1. The molecule has 19 heavy (non-hydrogen) atoms. The summed E-state index contributed by atoms with van der Waals surface area (Å²) >= 11 is 5.69. The van der Waals surface area contributed by atoms with E-state index < -0.39 is 5.82 Å². The number of carbonyl (C=O) groups is 1. The van der Waals surface area contributed by atoms with Gasteiger partial charge in [-0.25, -0.2) is 9.18 Å². The SMILES string of the molecule is C[C@@H]1C[C@@H](C)CN(C(=O)Nc2ccc(F)c(Cl)c2)C1. The maximum absolute atomic E-state index is 13.0. The molecule has 0 aliphatic carbocycles. The van der Waals surface area contributed by atoms with Crippen LogP contribution < -0.4 is 5.32 Å². The molecule has 0 aromatic heterocycles. The molecule has 2 amide bonds. The minimum absolute atomic E-state index is 0.0122. The number of benzene rings is 1. The summed E-state index contributed by atoms with van der Waals surface area (Å²) in [7, 11) is 0. The smallest absolute Gasteiger partial charge is 0.321 e. The molecule has 1 fully saturated rings. The van der Waals surface area contributed by atoms with Crippen molar-refractivity contribution in [2.24, 2.45) is 11.8 Å². The van der Waals surface area contributed by atoms with Crippen molar-refractivity contribution >= 4 is 23.3 Å². The molecular formula is C14H18ClFN2O. The maximum atomic E-state index is 13.0. The second-order valence-corrected chi connectivity index (χ2v) is 5.82. The lowest BCUT2D eigenvalue weighted by Gasteiger charge is -2.34. The molecule has 0 radical (unpaired) electrons. The fourth-order valence-electron chi connectivity index (χ4n) is 2.61. The molecule has 1 aliphatic heterocycles. The second kappa shape index (κ2) is 5.78. The van der Waals surface area contributed by atoms with E-state index in [0.29, 0.717) is 17.5 Å². The van der Waals surface area contributed by atoms with Gasteiger partial charge in [0.2, 0.25) is 0 Å². The maximum Gasteiger partial charge on any atom is 0.321 e. The number of rotatable bonds is 1. The minimum atomic E-state index is -0.486. The van der Waals surface area contributed by atoms with Crippen molar-refractivity contribution in [1.29, 1.82) is 0 Å². The first-order valence-electron chi connectivity index (χ1n) is 6.46. The van der Waals surface area contributed by atoms with E-state index >= 15 is 0 Å². The predicted molar refractivity (Wildman–Crippen MR) is 74.9 cm³/mol. The normalized spacial score (nSPS) is 23.3. The lowest BCUT2D eigenvalue weighted by atomic mass is 9.92. The van der Waals surface area contributed by atoms with E-state index in [2.05, 4.69) is 19.2 Å². The van der Waals surface area contributed by atoms with E-state index in [9.17, 15) is 9.18 Å². The Morgan fingerprint density at radius 2 is 2.00 bits per heavy atom. The van der Waals surface area contributed by atoms with Crippen LogP contribution in [-0.2, 0) is 0 Å². The van der Waals surface area contributed by atoms with Gasteiger partial charge in [0, 0.05) is 18.8 Å². The lowest BCUT2D eigenvalue weighted by molar-refractivity contribution is 0.156. The molecule has 1 saturated heterocycles. The fraction of sp³-hybridized carbons (Fsp3) is 0.500. The topological polar surface area (TPSA) is 32.3 Å². The number of piperidine rings is 1. The van der Waals surface area contributed by atoms with Gasteiger partial charge < -0.3 is 10.2 Å². The van der Waals surface area contributed by atoms with Gasteiger partial charge in [0.25, 0.3) is 0 Å². The van der Waals surface area contributed by atoms with Crippen LogP contribution in [0.2, 0.25) is 5.02 Å². The average molecular weight is 285 g/mol. The van der Waals surface area contributed by atoms with Crippen molar-refractivity contribution in [3.05, 3.63) is 29.0 Å². The summed E-state index contributed by atoms with van der Waals surface area (Å²) in [6.45, 7) is 5.80. The van der Waals surface area contributed by atoms with Crippen molar-refractivity contribution in [3.8, 4) is 0 Å². The molecule has 0 spiro atoms. The third-order valence-electron chi connectivity index (χ3n) is 3.33. The lowest BCUT2D eigenvalue weighted by Crippen LogP contribution is -2.44. The van der Waals surface area contributed by atoms with Crippen LogP contribution in [0.1, 0.15) is 20.3 Å². The number of hydrogen-bond acceptors (Lipinski definition) is 1. The molecule has 2 atom stereocenters. The summed E-state index contributed by atoms with van der Waals surface area (Å²) < 4.78 is 13.0. The van der Waals surface area contributed by atoms with Crippen LogP contribution in [0.25, 0.3) is 0 Å². The molecule has 2 rings (SSSR count). The molecule has 0 unspecified atom stereocenters. The Kier molecular flexibility index (Phi) is 4.30. The number of halogens is 2. The van der Waals surface area contributed by atoms with Gasteiger partial charge in [0.15, 0.2) is 0 Å². The fourth-order valence-corrected chi connectivity index (χ4v) is 2.79. The summed E-state index contributed by atoms with van der Waals surface area (Å²) in [5.74, 6) is 0.525. The van der Waals surface area contributed by atoms with Crippen LogP contribution in [0.4, 0.5) is 14.9 Å². The summed E-state index contributed by atoms with van der Waals surface area (Å²) in [5.41, 5.74) is 0.516. The van der Waals surface area contributed by atoms with Crippen LogP contribution in [0, 0.1) is 17.7 Å². The molecule has 3 nitrogen and oxygen atoms in total. The van der Waals surface area contributed by atoms with Crippen molar-refractivity contribution in [2.75, 3.05) is 18.4 Å². The highest BCUT2D eigenvalue weighted by Crippen LogP contribution is 2.23. The van der Waals surface area contributed by atoms with Gasteiger partial charge in [0.1, 0.15) is 5.82 Å². The third kappa shape index (κ3) is 3.60. The van der Waals surface area contributed by atoms with Crippen molar-refractivity contribution < 1.29 is 9.18 Å². The molecule has 5 heteroatoms. The van der Waals surface area contributed by atoms with Gasteiger partial charge in [-0.05, 0) is 36.5 Å². The van der Waals surface area contributed by atoms with E-state index in [-0.39, 0.29) is 11.1 Å². The highest BCUT2D eigenvalue weighted by Gasteiger charge is 2.25. The number of amides is 2. The third-order valence-corrected chi connectivity index (χ3v) is 3.62. The Morgan fingerprint density at radius 1 is 1.37 bits per heavy atom. The van der Waals surface area contributed by atoms with Crippen LogP contribution in [-0.4, -0.2) is 24.0 Å². The van der Waals surface area contributed by atoms with Crippen LogP contribution in [0.5, 0.6) is 0 Å². The number of urea groups is 1. The van der Waals surface area contributed by atoms with Crippen molar-refractivity contribution in [3.63, 3.8) is 0 Å². The summed E-state index contributed by atoms with van der Waals surface area (Å²) in [6, 6.07) is 4.03. The molecule has 0 saturated carbocycles. The Morgan fingerprint density at radius 3 is 2.58 bits per heavy atom. The van der Waals surface area contributed by atoms with Gasteiger partial charge in [0.05, 0.1) is 5.02 Å². The average Bonchev–Trinajstić information content (AvgIpc) is 2.32. The molecule has 1 N–H and O–H groups in total. The summed E-state index contributed by atoms with van der Waals surface area (Å²) in [5, 5.41) is 2.77. The van der Waals surface area contributed by atoms with E-state index in [1.165, 1.54) is 18.2 Å². The van der Waals surface area contributed by atoms with Gasteiger partial charge >= 0.3 is 6.03 Å².